The number of carbonyl (C=O) groups excluding carboxylic acids is 2. The van der Waals surface area contributed by atoms with Gasteiger partial charge in [-0.15, -0.1) is 0 Å². The van der Waals surface area contributed by atoms with Crippen LogP contribution in [0.3, 0.4) is 0 Å². The van der Waals surface area contributed by atoms with E-state index in [1.807, 2.05) is 0 Å². The molecule has 3 aromatic heterocycles. The van der Waals surface area contributed by atoms with E-state index in [9.17, 15) is 22.8 Å². The van der Waals surface area contributed by atoms with E-state index in [4.69, 9.17) is 10.3 Å². The number of hydrogen-bond donors (Lipinski definition) is 3. The zero-order valence-electron chi connectivity index (χ0n) is 18.6. The van der Waals surface area contributed by atoms with Gasteiger partial charge >= 0.3 is 6.18 Å². The van der Waals surface area contributed by atoms with E-state index in [1.165, 1.54) is 24.5 Å². The van der Waals surface area contributed by atoms with Crippen molar-refractivity contribution in [3.8, 4) is 11.3 Å². The van der Waals surface area contributed by atoms with Crippen LogP contribution in [-0.4, -0.2) is 31.9 Å². The highest BCUT2D eigenvalue weighted by Gasteiger charge is 2.33. The molecule has 184 valence electrons. The molecule has 13 heteroatoms. The van der Waals surface area contributed by atoms with Crippen molar-refractivity contribution < 1.29 is 27.3 Å². The first-order chi connectivity index (χ1) is 17.1. The molecule has 4 N–H and O–H groups in total. The number of hydrogen-bond acceptors (Lipinski definition) is 8. The fourth-order valence-corrected chi connectivity index (χ4v) is 3.18. The molecule has 4 aromatic rings. The number of benzene rings is 1. The summed E-state index contributed by atoms with van der Waals surface area (Å²) in [5, 5.41) is 8.76. The van der Waals surface area contributed by atoms with Crippen molar-refractivity contribution in [3.05, 3.63) is 83.9 Å². The van der Waals surface area contributed by atoms with Gasteiger partial charge in [0.15, 0.2) is 0 Å². The van der Waals surface area contributed by atoms with E-state index in [2.05, 4.69) is 30.7 Å². The van der Waals surface area contributed by atoms with E-state index >= 15 is 0 Å². The van der Waals surface area contributed by atoms with Crippen LogP contribution in [0.4, 0.5) is 24.5 Å². The van der Waals surface area contributed by atoms with E-state index in [0.717, 1.165) is 17.7 Å². The average Bonchev–Trinajstić information content (AvgIpc) is 3.36. The highest BCUT2D eigenvalue weighted by molar-refractivity contribution is 6.02. The van der Waals surface area contributed by atoms with Crippen LogP contribution < -0.4 is 16.4 Å². The second-order valence-corrected chi connectivity index (χ2v) is 7.59. The van der Waals surface area contributed by atoms with Crippen LogP contribution in [-0.2, 0) is 6.18 Å². The monoisotopic (exact) mass is 497 g/mol. The fraction of sp³-hybridized carbons (Fsp3) is 0.130. The van der Waals surface area contributed by atoms with Gasteiger partial charge in [-0.1, -0.05) is 5.16 Å². The number of nitrogens with one attached hydrogen (secondary N) is 2. The molecule has 0 bridgehead atoms. The number of aromatic nitrogens is 4. The number of nitrogen functional groups attached to an aromatic ring is 1. The Kier molecular flexibility index (Phi) is 6.63. The first-order valence-electron chi connectivity index (χ1n) is 10.4. The lowest BCUT2D eigenvalue weighted by Crippen LogP contribution is -2.27. The van der Waals surface area contributed by atoms with E-state index in [1.54, 1.807) is 31.5 Å². The molecule has 0 aliphatic heterocycles. The van der Waals surface area contributed by atoms with Gasteiger partial charge in [-0.2, -0.15) is 13.2 Å². The summed E-state index contributed by atoms with van der Waals surface area (Å²) in [6.07, 6.45) is -0.226. The molecule has 0 fully saturated rings. The van der Waals surface area contributed by atoms with Crippen molar-refractivity contribution in [1.82, 2.24) is 25.4 Å². The Morgan fingerprint density at radius 1 is 1.03 bits per heavy atom. The molecule has 36 heavy (non-hydrogen) atoms. The molecule has 10 nitrogen and oxygen atoms in total. The van der Waals surface area contributed by atoms with Gasteiger partial charge in [-0.3, -0.25) is 14.6 Å². The third kappa shape index (κ3) is 5.46. The van der Waals surface area contributed by atoms with Gasteiger partial charge < -0.3 is 20.9 Å². The zero-order chi connectivity index (χ0) is 25.9. The van der Waals surface area contributed by atoms with Gasteiger partial charge in [0.25, 0.3) is 11.8 Å². The summed E-state index contributed by atoms with van der Waals surface area (Å²) >= 11 is 0. The predicted molar refractivity (Wildman–Crippen MR) is 121 cm³/mol. The summed E-state index contributed by atoms with van der Waals surface area (Å²) < 4.78 is 44.2. The predicted octanol–water partition coefficient (Wildman–Crippen LogP) is 3.87. The molecule has 0 radical (unpaired) electrons. The maximum absolute atomic E-state index is 13.1. The van der Waals surface area contributed by atoms with Crippen LogP contribution in [0.5, 0.6) is 0 Å². The number of carbonyl (C=O) groups is 2. The Labute approximate surface area is 201 Å². The number of pyridine rings is 1. The molecule has 0 saturated carbocycles. The van der Waals surface area contributed by atoms with Crippen LogP contribution in [0.1, 0.15) is 45.3 Å². The molecular formula is C23H18F3N7O3. The largest absolute Gasteiger partial charge is 0.418 e. The molecule has 2 amide bonds. The Bertz CT molecular complexity index is 1410. The molecule has 4 rings (SSSR count). The molecule has 0 unspecified atom stereocenters. The average molecular weight is 497 g/mol. The summed E-state index contributed by atoms with van der Waals surface area (Å²) in [7, 11) is 0. The quantitative estimate of drug-likeness (QED) is 0.340. The van der Waals surface area contributed by atoms with Gasteiger partial charge in [0.05, 0.1) is 17.3 Å². The Morgan fingerprint density at radius 3 is 2.50 bits per heavy atom. The lowest BCUT2D eigenvalue weighted by atomic mass is 10.1. The second kappa shape index (κ2) is 9.82. The minimum absolute atomic E-state index is 0.106. The van der Waals surface area contributed by atoms with Crippen LogP contribution >= 0.6 is 0 Å². The van der Waals surface area contributed by atoms with Crippen molar-refractivity contribution >= 4 is 23.2 Å². The number of rotatable bonds is 6. The Balaban J connectivity index is 1.43. The van der Waals surface area contributed by atoms with Gasteiger partial charge in [0, 0.05) is 35.4 Å². The lowest BCUT2D eigenvalue weighted by molar-refractivity contribution is -0.136. The maximum Gasteiger partial charge on any atom is 0.418 e. The van der Waals surface area contributed by atoms with Gasteiger partial charge in [0.1, 0.15) is 17.7 Å². The van der Waals surface area contributed by atoms with Crippen molar-refractivity contribution in [1.29, 1.82) is 0 Å². The molecule has 0 aliphatic carbocycles. The SMILES string of the molecule is C[C@H](NC(=O)c1cc(-c2ccncc2)ncn1)c1cc(C(=O)Nc2ccc(N)c(C(F)(F)F)c2)on1. The number of halogens is 3. The van der Waals surface area contributed by atoms with Crippen LogP contribution in [0.15, 0.2) is 65.7 Å². The normalized spacial score (nSPS) is 12.1. The molecule has 0 aliphatic rings. The van der Waals surface area contributed by atoms with Crippen molar-refractivity contribution in [3.63, 3.8) is 0 Å². The first-order valence-corrected chi connectivity index (χ1v) is 10.4. The third-order valence-corrected chi connectivity index (χ3v) is 5.04. The molecule has 3 heterocycles. The number of alkyl halides is 3. The number of nitrogens with zero attached hydrogens (tertiary/aromatic N) is 4. The third-order valence-electron chi connectivity index (χ3n) is 5.04. The minimum atomic E-state index is -4.68. The van der Waals surface area contributed by atoms with Crippen molar-refractivity contribution in [2.45, 2.75) is 19.1 Å². The summed E-state index contributed by atoms with van der Waals surface area (Å²) in [6.45, 7) is 1.61. The van der Waals surface area contributed by atoms with E-state index in [0.29, 0.717) is 5.69 Å². The van der Waals surface area contributed by atoms with Gasteiger partial charge in [0.2, 0.25) is 5.76 Å². The minimum Gasteiger partial charge on any atom is -0.398 e. The lowest BCUT2D eigenvalue weighted by Gasteiger charge is -2.12. The molecule has 1 aromatic carbocycles. The summed E-state index contributed by atoms with van der Waals surface area (Å²) in [5.41, 5.74) is 5.29. The van der Waals surface area contributed by atoms with Crippen LogP contribution in [0.25, 0.3) is 11.3 Å². The molecule has 1 atom stereocenters. The van der Waals surface area contributed by atoms with Gasteiger partial charge in [-0.25, -0.2) is 9.97 Å². The second-order valence-electron chi connectivity index (χ2n) is 7.59. The first kappa shape index (κ1) is 24.3. The molecule has 0 spiro atoms. The Hall–Kier alpha value is -4.81. The number of anilines is 2. The van der Waals surface area contributed by atoms with Crippen molar-refractivity contribution in [2.24, 2.45) is 0 Å². The number of amides is 2. The Morgan fingerprint density at radius 2 is 1.78 bits per heavy atom. The molecule has 0 saturated heterocycles. The maximum atomic E-state index is 13.1. The zero-order valence-corrected chi connectivity index (χ0v) is 18.6. The van der Waals surface area contributed by atoms with E-state index in [-0.39, 0.29) is 22.8 Å². The summed E-state index contributed by atoms with van der Waals surface area (Å²) in [6, 6.07) is 8.56. The van der Waals surface area contributed by atoms with Crippen LogP contribution in [0.2, 0.25) is 0 Å². The highest BCUT2D eigenvalue weighted by atomic mass is 19.4. The summed E-state index contributed by atoms with van der Waals surface area (Å²) in [5.74, 6) is -1.61. The smallest absolute Gasteiger partial charge is 0.398 e. The number of nitrogens with two attached hydrogens (primary N) is 1. The highest BCUT2D eigenvalue weighted by Crippen LogP contribution is 2.35. The fourth-order valence-electron chi connectivity index (χ4n) is 3.18. The molecular weight excluding hydrogens is 479 g/mol. The van der Waals surface area contributed by atoms with Gasteiger partial charge in [-0.05, 0) is 43.3 Å². The topological polar surface area (TPSA) is 149 Å². The van der Waals surface area contributed by atoms with Crippen molar-refractivity contribution in [2.75, 3.05) is 11.1 Å². The van der Waals surface area contributed by atoms with Crippen LogP contribution in [0, 0.1) is 0 Å². The standard InChI is InChI=1S/C23H18F3N7O3/c1-12(31-21(34)19-9-18(29-11-30-19)13-4-6-28-7-5-13)17-10-20(36-33-17)22(35)32-14-2-3-16(27)15(8-14)23(24,25)26/h2-12H,27H2,1H3,(H,31,34)(H,32,35)/t12-/m0/s1. The van der Waals surface area contributed by atoms with E-state index < -0.39 is 35.3 Å². The summed E-state index contributed by atoms with van der Waals surface area (Å²) in [4.78, 5) is 37.2.